The number of nitrogens with zero attached hydrogens (tertiary/aromatic N) is 2. The van der Waals surface area contributed by atoms with Crippen molar-refractivity contribution in [2.24, 2.45) is 0 Å². The molecule has 3 rings (SSSR count). The van der Waals surface area contributed by atoms with Crippen molar-refractivity contribution in [1.82, 2.24) is 20.8 Å². The van der Waals surface area contributed by atoms with E-state index >= 15 is 0 Å². The van der Waals surface area contributed by atoms with Crippen LogP contribution in [-0.2, 0) is 14.9 Å². The fraction of sp³-hybridized carbons (Fsp3) is 0.400. The first kappa shape index (κ1) is 22.2. The Bertz CT molecular complexity index is 966. The number of esters is 1. The summed E-state index contributed by atoms with van der Waals surface area (Å²) in [4.78, 5) is 25.1. The van der Waals surface area contributed by atoms with E-state index in [4.69, 9.17) is 20.8 Å². The molecule has 0 bridgehead atoms. The summed E-state index contributed by atoms with van der Waals surface area (Å²) in [6.45, 7) is 7.86. The van der Waals surface area contributed by atoms with E-state index in [0.717, 1.165) is 0 Å². The highest BCUT2D eigenvalue weighted by Crippen LogP contribution is 2.32. The molecule has 1 aliphatic heterocycles. The zero-order valence-electron chi connectivity index (χ0n) is 17.1. The Hall–Kier alpha value is -2.52. The molecule has 0 saturated heterocycles. The van der Waals surface area contributed by atoms with E-state index in [0.29, 0.717) is 33.0 Å². The van der Waals surface area contributed by atoms with Crippen molar-refractivity contribution in [2.45, 2.75) is 44.4 Å². The van der Waals surface area contributed by atoms with E-state index in [2.05, 4.69) is 20.8 Å². The first-order chi connectivity index (χ1) is 14.2. The molecule has 2 amide bonds. The number of halogens is 1. The average Bonchev–Trinajstić information content (AvgIpc) is 3.16. The van der Waals surface area contributed by atoms with Gasteiger partial charge in [-0.1, -0.05) is 56.3 Å². The number of ether oxygens (including phenoxy) is 1. The standard InChI is InChI=1S/C20H23ClN4O4S/c1-5-28-16(26)14-13(10-30-19-25-24-17(29-19)20(2,3)4)22-18(27)23-15(14)11-6-8-12(21)9-7-11/h6-9,15H,5,10H2,1-4H3,(H2,22,23,27). The van der Waals surface area contributed by atoms with E-state index in [1.807, 2.05) is 20.8 Å². The topological polar surface area (TPSA) is 106 Å². The Morgan fingerprint density at radius 1 is 1.27 bits per heavy atom. The van der Waals surface area contributed by atoms with Crippen LogP contribution < -0.4 is 10.6 Å². The summed E-state index contributed by atoms with van der Waals surface area (Å²) >= 11 is 7.21. The first-order valence-electron chi connectivity index (χ1n) is 9.39. The van der Waals surface area contributed by atoms with Crippen LogP contribution in [-0.4, -0.2) is 34.6 Å². The summed E-state index contributed by atoms with van der Waals surface area (Å²) < 4.78 is 10.9. The van der Waals surface area contributed by atoms with Gasteiger partial charge in [0.15, 0.2) is 0 Å². The third-order valence-corrected chi connectivity index (χ3v) is 5.34. The van der Waals surface area contributed by atoms with Gasteiger partial charge in [0.05, 0.1) is 18.2 Å². The molecule has 30 heavy (non-hydrogen) atoms. The third kappa shape index (κ3) is 5.14. The van der Waals surface area contributed by atoms with Gasteiger partial charge < -0.3 is 19.8 Å². The molecule has 8 nitrogen and oxygen atoms in total. The summed E-state index contributed by atoms with van der Waals surface area (Å²) in [6, 6.07) is 5.84. The second kappa shape index (κ2) is 9.09. The van der Waals surface area contributed by atoms with Crippen LogP contribution in [0.1, 0.15) is 45.2 Å². The average molecular weight is 451 g/mol. The van der Waals surface area contributed by atoms with Crippen molar-refractivity contribution in [3.8, 4) is 0 Å². The lowest BCUT2D eigenvalue weighted by molar-refractivity contribution is -0.139. The van der Waals surface area contributed by atoms with Gasteiger partial charge in [-0.3, -0.25) is 0 Å². The largest absolute Gasteiger partial charge is 0.463 e. The lowest BCUT2D eigenvalue weighted by atomic mass is 9.95. The summed E-state index contributed by atoms with van der Waals surface area (Å²) in [7, 11) is 0. The van der Waals surface area contributed by atoms with Crippen LogP contribution in [0.2, 0.25) is 5.02 Å². The molecule has 1 unspecified atom stereocenters. The Balaban J connectivity index is 1.92. The van der Waals surface area contributed by atoms with Gasteiger partial charge in [0.1, 0.15) is 0 Å². The van der Waals surface area contributed by atoms with E-state index in [9.17, 15) is 9.59 Å². The molecule has 2 heterocycles. The van der Waals surface area contributed by atoms with Gasteiger partial charge in [-0.25, -0.2) is 9.59 Å². The van der Waals surface area contributed by atoms with Crippen LogP contribution >= 0.6 is 23.4 Å². The van der Waals surface area contributed by atoms with Crippen LogP contribution in [0.3, 0.4) is 0 Å². The van der Waals surface area contributed by atoms with Gasteiger partial charge in [0, 0.05) is 21.9 Å². The Morgan fingerprint density at radius 3 is 2.57 bits per heavy atom. The lowest BCUT2D eigenvalue weighted by Crippen LogP contribution is -2.46. The van der Waals surface area contributed by atoms with Gasteiger partial charge in [-0.2, -0.15) is 0 Å². The number of aromatic nitrogens is 2. The van der Waals surface area contributed by atoms with Gasteiger partial charge in [-0.15, -0.1) is 10.2 Å². The summed E-state index contributed by atoms with van der Waals surface area (Å²) in [6.07, 6.45) is 0. The maximum atomic E-state index is 12.8. The van der Waals surface area contributed by atoms with Crippen molar-refractivity contribution in [3.05, 3.63) is 52.0 Å². The number of carbonyl (C=O) groups is 2. The fourth-order valence-electron chi connectivity index (χ4n) is 2.79. The molecule has 160 valence electrons. The zero-order chi connectivity index (χ0) is 21.9. The molecular weight excluding hydrogens is 428 g/mol. The number of rotatable bonds is 6. The second-order valence-electron chi connectivity index (χ2n) is 7.61. The molecule has 0 saturated carbocycles. The van der Waals surface area contributed by atoms with Crippen molar-refractivity contribution >= 4 is 35.4 Å². The predicted molar refractivity (Wildman–Crippen MR) is 113 cm³/mol. The maximum Gasteiger partial charge on any atom is 0.338 e. The van der Waals surface area contributed by atoms with Crippen molar-refractivity contribution in [2.75, 3.05) is 12.4 Å². The van der Waals surface area contributed by atoms with Gasteiger partial charge in [0.2, 0.25) is 5.89 Å². The minimum absolute atomic E-state index is 0.211. The first-order valence-corrected chi connectivity index (χ1v) is 10.7. The molecule has 2 aromatic rings. The number of carbonyl (C=O) groups excluding carboxylic acids is 2. The SMILES string of the molecule is CCOC(=O)C1=C(CSc2nnc(C(C)(C)C)o2)NC(=O)NC1c1ccc(Cl)cc1. The predicted octanol–water partition coefficient (Wildman–Crippen LogP) is 3.98. The van der Waals surface area contributed by atoms with Crippen LogP contribution in [0.4, 0.5) is 4.79 Å². The summed E-state index contributed by atoms with van der Waals surface area (Å²) in [5.74, 6) is 0.247. The number of hydrogen-bond donors (Lipinski definition) is 2. The third-order valence-electron chi connectivity index (χ3n) is 4.24. The quantitative estimate of drug-likeness (QED) is 0.506. The van der Waals surface area contributed by atoms with Crippen LogP contribution in [0.25, 0.3) is 0 Å². The number of benzene rings is 1. The highest BCUT2D eigenvalue weighted by atomic mass is 35.5. The summed E-state index contributed by atoms with van der Waals surface area (Å²) in [5.41, 5.74) is 1.19. The van der Waals surface area contributed by atoms with Crippen molar-refractivity contribution < 1.29 is 18.7 Å². The Kier molecular flexibility index (Phi) is 6.72. The number of hydrogen-bond acceptors (Lipinski definition) is 7. The molecule has 1 aromatic carbocycles. The molecule has 0 spiro atoms. The maximum absolute atomic E-state index is 12.8. The van der Waals surface area contributed by atoms with E-state index in [1.165, 1.54) is 11.8 Å². The van der Waals surface area contributed by atoms with Crippen LogP contribution in [0, 0.1) is 0 Å². The molecule has 0 aliphatic carbocycles. The van der Waals surface area contributed by atoms with Crippen molar-refractivity contribution in [3.63, 3.8) is 0 Å². The number of nitrogens with one attached hydrogen (secondary N) is 2. The molecule has 1 aromatic heterocycles. The fourth-order valence-corrected chi connectivity index (χ4v) is 3.65. The van der Waals surface area contributed by atoms with Crippen molar-refractivity contribution in [1.29, 1.82) is 0 Å². The summed E-state index contributed by atoms with van der Waals surface area (Å²) in [5, 5.41) is 14.5. The Morgan fingerprint density at radius 2 is 1.97 bits per heavy atom. The van der Waals surface area contributed by atoms with Gasteiger partial charge >= 0.3 is 12.0 Å². The molecular formula is C20H23ClN4O4S. The molecule has 1 atom stereocenters. The number of urea groups is 1. The van der Waals surface area contributed by atoms with E-state index in [1.54, 1.807) is 31.2 Å². The number of amides is 2. The highest BCUT2D eigenvalue weighted by molar-refractivity contribution is 7.99. The normalized spacial score (nSPS) is 16.8. The Labute approximate surface area is 183 Å². The number of thioether (sulfide) groups is 1. The molecule has 0 fully saturated rings. The minimum Gasteiger partial charge on any atom is -0.463 e. The van der Waals surface area contributed by atoms with E-state index < -0.39 is 18.0 Å². The molecule has 10 heteroatoms. The molecule has 0 radical (unpaired) electrons. The highest BCUT2D eigenvalue weighted by Gasteiger charge is 2.34. The molecule has 1 aliphatic rings. The molecule has 2 N–H and O–H groups in total. The monoisotopic (exact) mass is 450 g/mol. The minimum atomic E-state index is -0.668. The van der Waals surface area contributed by atoms with Gasteiger partial charge in [0.25, 0.3) is 5.22 Å². The van der Waals surface area contributed by atoms with E-state index in [-0.39, 0.29) is 17.8 Å². The lowest BCUT2D eigenvalue weighted by Gasteiger charge is -2.29. The second-order valence-corrected chi connectivity index (χ2v) is 8.97. The zero-order valence-corrected chi connectivity index (χ0v) is 18.7. The van der Waals surface area contributed by atoms with Crippen LogP contribution in [0.5, 0.6) is 0 Å². The smallest absolute Gasteiger partial charge is 0.338 e. The van der Waals surface area contributed by atoms with Gasteiger partial charge in [-0.05, 0) is 24.6 Å². The van der Waals surface area contributed by atoms with Crippen LogP contribution in [0.15, 0.2) is 45.2 Å².